The highest BCUT2D eigenvalue weighted by molar-refractivity contribution is 6.17. The van der Waals surface area contributed by atoms with Gasteiger partial charge in [0.1, 0.15) is 0 Å². The molecule has 13 heavy (non-hydrogen) atoms. The van der Waals surface area contributed by atoms with E-state index in [0.29, 0.717) is 0 Å². The molecule has 4 aliphatic rings. The standard InChI is InChI=1S/C12H19Cl/c13-2-1-12-6-9-3-10(7-12)5-11(4-9)8-12/h9-11H,1-8H2/i1D,2D/t1-,2-,9?,10?,11?,12?/m1/s1. The summed E-state index contributed by atoms with van der Waals surface area (Å²) in [5, 5.41) is 0. The van der Waals surface area contributed by atoms with E-state index < -0.39 is 5.86 Å². The van der Waals surface area contributed by atoms with Crippen LogP contribution in [0.5, 0.6) is 0 Å². The van der Waals surface area contributed by atoms with Crippen LogP contribution in [0.2, 0.25) is 0 Å². The zero-order valence-electron chi connectivity index (χ0n) is 10.0. The number of alkyl halides is 1. The number of hydrogen-bond acceptors (Lipinski definition) is 0. The first-order chi connectivity index (χ1) is 7.09. The molecule has 1 heteroatoms. The average Bonchev–Trinajstić information content (AvgIpc) is 2.14. The van der Waals surface area contributed by atoms with Crippen molar-refractivity contribution in [2.24, 2.45) is 23.2 Å². The van der Waals surface area contributed by atoms with E-state index in [9.17, 15) is 0 Å². The highest BCUT2D eigenvalue weighted by Gasteiger charge is 2.50. The molecule has 0 aromatic carbocycles. The molecule has 4 aliphatic carbocycles. The smallest absolute Gasteiger partial charge is 0.0435 e. The van der Waals surface area contributed by atoms with Gasteiger partial charge in [0.15, 0.2) is 0 Å². The van der Waals surface area contributed by atoms with Crippen LogP contribution in [0.15, 0.2) is 0 Å². The van der Waals surface area contributed by atoms with E-state index in [2.05, 4.69) is 0 Å². The summed E-state index contributed by atoms with van der Waals surface area (Å²) in [6.07, 6.45) is 7.41. The molecule has 4 bridgehead atoms. The lowest BCUT2D eigenvalue weighted by atomic mass is 9.49. The number of rotatable bonds is 2. The molecule has 0 unspecified atom stereocenters. The van der Waals surface area contributed by atoms with Gasteiger partial charge in [-0.1, -0.05) is 0 Å². The summed E-state index contributed by atoms with van der Waals surface area (Å²) >= 11 is 5.84. The molecule has 0 radical (unpaired) electrons. The van der Waals surface area contributed by atoms with Crippen LogP contribution in [-0.2, 0) is 0 Å². The van der Waals surface area contributed by atoms with E-state index >= 15 is 0 Å². The van der Waals surface area contributed by atoms with Gasteiger partial charge in [0.05, 0.1) is 0 Å². The average molecular weight is 201 g/mol. The molecule has 4 rings (SSSR count). The van der Waals surface area contributed by atoms with Gasteiger partial charge >= 0.3 is 0 Å². The van der Waals surface area contributed by atoms with Gasteiger partial charge in [-0.3, -0.25) is 0 Å². The maximum atomic E-state index is 8.18. The molecule has 0 spiro atoms. The summed E-state index contributed by atoms with van der Waals surface area (Å²) < 4.78 is 15.8. The fraction of sp³-hybridized carbons (Fsp3) is 1.00. The van der Waals surface area contributed by atoms with Crippen LogP contribution in [0.25, 0.3) is 0 Å². The molecule has 0 N–H and O–H groups in total. The van der Waals surface area contributed by atoms with Crippen LogP contribution in [-0.4, -0.2) is 5.86 Å². The normalized spacial score (nSPS) is 59.9. The van der Waals surface area contributed by atoms with E-state index in [1.54, 1.807) is 0 Å². The van der Waals surface area contributed by atoms with E-state index in [1.807, 2.05) is 0 Å². The molecule has 74 valence electrons. The van der Waals surface area contributed by atoms with E-state index in [-0.39, 0.29) is 11.8 Å². The van der Waals surface area contributed by atoms with Crippen molar-refractivity contribution in [3.05, 3.63) is 0 Å². The molecular formula is C12H19Cl. The Labute approximate surface area is 88.8 Å². The predicted octanol–water partition coefficient (Wildman–Crippen LogP) is 3.83. The van der Waals surface area contributed by atoms with Gasteiger partial charge in [-0.2, -0.15) is 0 Å². The van der Waals surface area contributed by atoms with Gasteiger partial charge < -0.3 is 0 Å². The van der Waals surface area contributed by atoms with Crippen LogP contribution >= 0.6 is 11.6 Å². The molecule has 0 amide bonds. The first kappa shape index (κ1) is 6.71. The SMILES string of the molecule is [2H][C@H]([C@@H]([2H])Cl)C12CC3CC(CC(C3)C1)C2. The second-order valence-corrected chi connectivity index (χ2v) is 5.82. The van der Waals surface area contributed by atoms with Crippen molar-refractivity contribution in [3.63, 3.8) is 0 Å². The largest absolute Gasteiger partial charge is 0.127 e. The zero-order valence-corrected chi connectivity index (χ0v) is 8.76. The molecular weight excluding hydrogens is 180 g/mol. The van der Waals surface area contributed by atoms with Crippen molar-refractivity contribution in [1.82, 2.24) is 0 Å². The van der Waals surface area contributed by atoms with E-state index in [0.717, 1.165) is 17.8 Å². The summed E-state index contributed by atoms with van der Waals surface area (Å²) in [5.41, 5.74) is 0.128. The van der Waals surface area contributed by atoms with Crippen LogP contribution in [0.3, 0.4) is 0 Å². The number of halogens is 1. The minimum Gasteiger partial charge on any atom is -0.127 e. The minimum atomic E-state index is -0.721. The molecule has 0 saturated heterocycles. The molecule has 0 aromatic rings. The van der Waals surface area contributed by atoms with Crippen molar-refractivity contribution in [3.8, 4) is 0 Å². The first-order valence-corrected chi connectivity index (χ1v) is 6.01. The molecule has 2 atom stereocenters. The topological polar surface area (TPSA) is 0 Å². The molecule has 0 aliphatic heterocycles. The highest BCUT2D eigenvalue weighted by Crippen LogP contribution is 2.61. The van der Waals surface area contributed by atoms with E-state index in [1.165, 1.54) is 38.5 Å². The van der Waals surface area contributed by atoms with Crippen LogP contribution < -0.4 is 0 Å². The summed E-state index contributed by atoms with van der Waals surface area (Å²) in [7, 11) is 0. The molecule has 0 aromatic heterocycles. The van der Waals surface area contributed by atoms with Crippen LogP contribution in [0.4, 0.5) is 0 Å². The summed E-state index contributed by atoms with van der Waals surface area (Å²) in [6, 6.07) is 0. The maximum Gasteiger partial charge on any atom is 0.0435 e. The minimum absolute atomic E-state index is 0.128. The third-order valence-electron chi connectivity index (χ3n) is 4.50. The predicted molar refractivity (Wildman–Crippen MR) is 55.9 cm³/mol. The quantitative estimate of drug-likeness (QED) is 0.595. The second-order valence-electron chi connectivity index (χ2n) is 5.57. The van der Waals surface area contributed by atoms with Gasteiger partial charge in [-0.05, 0) is 68.1 Å². The monoisotopic (exact) mass is 200 g/mol. The zero-order chi connectivity index (χ0) is 10.6. The Hall–Kier alpha value is 0.290. The first-order valence-electron chi connectivity index (χ1n) is 6.73. The Morgan fingerprint density at radius 1 is 1.08 bits per heavy atom. The van der Waals surface area contributed by atoms with E-state index in [4.69, 9.17) is 14.3 Å². The summed E-state index contributed by atoms with van der Waals surface area (Å²) in [4.78, 5) is 0. The molecule has 4 saturated carbocycles. The van der Waals surface area contributed by atoms with Crippen molar-refractivity contribution in [2.45, 2.75) is 44.9 Å². The molecule has 4 fully saturated rings. The summed E-state index contributed by atoms with van der Waals surface area (Å²) in [6.45, 7) is 0. The molecule has 0 heterocycles. The Bertz CT molecular complexity index is 229. The fourth-order valence-corrected chi connectivity index (χ4v) is 4.78. The third-order valence-corrected chi connectivity index (χ3v) is 4.63. The summed E-state index contributed by atoms with van der Waals surface area (Å²) in [5.74, 6) is 1.86. The Morgan fingerprint density at radius 2 is 1.54 bits per heavy atom. The third kappa shape index (κ3) is 1.33. The Morgan fingerprint density at radius 3 is 1.92 bits per heavy atom. The lowest BCUT2D eigenvalue weighted by Gasteiger charge is -2.57. The Kier molecular flexibility index (Phi) is 1.49. The van der Waals surface area contributed by atoms with Gasteiger partial charge in [-0.15, -0.1) is 11.6 Å². The lowest BCUT2D eigenvalue weighted by Crippen LogP contribution is -2.46. The van der Waals surface area contributed by atoms with Crippen molar-refractivity contribution >= 4 is 11.6 Å². The van der Waals surface area contributed by atoms with Gasteiger partial charge in [-0.25, -0.2) is 0 Å². The number of hydrogen-bond donors (Lipinski definition) is 0. The van der Waals surface area contributed by atoms with Crippen LogP contribution in [0.1, 0.15) is 47.7 Å². The molecule has 0 nitrogen and oxygen atoms in total. The van der Waals surface area contributed by atoms with Crippen LogP contribution in [0, 0.1) is 23.2 Å². The maximum absolute atomic E-state index is 8.18. The van der Waals surface area contributed by atoms with Crippen molar-refractivity contribution < 1.29 is 2.74 Å². The lowest BCUT2D eigenvalue weighted by molar-refractivity contribution is -0.0540. The second kappa shape index (κ2) is 2.89. The Balaban J connectivity index is 1.86. The van der Waals surface area contributed by atoms with Crippen molar-refractivity contribution in [2.75, 3.05) is 5.86 Å². The van der Waals surface area contributed by atoms with Crippen molar-refractivity contribution in [1.29, 1.82) is 0 Å². The van der Waals surface area contributed by atoms with Gasteiger partial charge in [0.2, 0.25) is 0 Å². The highest BCUT2D eigenvalue weighted by atomic mass is 35.5. The fourth-order valence-electron chi connectivity index (χ4n) is 4.52. The van der Waals surface area contributed by atoms with Gasteiger partial charge in [0.25, 0.3) is 0 Å². The van der Waals surface area contributed by atoms with Gasteiger partial charge in [0, 0.05) is 8.60 Å².